The molecule has 0 radical (unpaired) electrons. The molecule has 13 unspecified atom stereocenters. The van der Waals surface area contributed by atoms with Crippen LogP contribution in [0.4, 0.5) is 0 Å². The Morgan fingerprint density at radius 3 is 2.11 bits per heavy atom. The van der Waals surface area contributed by atoms with Gasteiger partial charge in [0.2, 0.25) is 14.8 Å². The van der Waals surface area contributed by atoms with Crippen molar-refractivity contribution in [2.45, 2.75) is 168 Å². The lowest BCUT2D eigenvalue weighted by Gasteiger charge is -2.48. The number of rotatable bonds is 11. The van der Waals surface area contributed by atoms with Gasteiger partial charge < -0.3 is 38.1 Å². The predicted molar refractivity (Wildman–Crippen MR) is 288 cm³/mol. The number of cyclic esters (lactones) is 1. The van der Waals surface area contributed by atoms with Crippen LogP contribution in [0, 0.1) is 35.0 Å². The number of hydrogen-bond donors (Lipinski definition) is 1. The van der Waals surface area contributed by atoms with Gasteiger partial charge in [0, 0.05) is 58.5 Å². The number of carbonyl (C=O) groups is 4. The van der Waals surface area contributed by atoms with Crippen molar-refractivity contribution in [2.75, 3.05) is 27.9 Å². The first-order valence-corrected chi connectivity index (χ1v) is 28.3. The number of nitrogens with zero attached hydrogens (tertiary/aromatic N) is 1. The smallest absolute Gasteiger partial charge is 0.329 e. The molecule has 12 nitrogen and oxygen atoms in total. The number of Topliss-reactive ketones (excluding diaryl/α,β-unsaturated/α-hetero) is 1. The number of fused-ring (bicyclic) bond motifs is 3. The van der Waals surface area contributed by atoms with E-state index in [4.69, 9.17) is 28.1 Å². The van der Waals surface area contributed by atoms with Crippen LogP contribution in [-0.4, -0.2) is 118 Å². The summed E-state index contributed by atoms with van der Waals surface area (Å²) in [5.74, 6) is -7.09. The molecule has 13 heteroatoms. The van der Waals surface area contributed by atoms with Crippen LogP contribution in [-0.2, 0) is 47.3 Å². The fourth-order valence-electron chi connectivity index (χ4n) is 12.1. The minimum Gasteiger partial charge on any atom is -0.456 e. The third-order valence-corrected chi connectivity index (χ3v) is 18.9. The molecular formula is C60H85NO11Si. The van der Waals surface area contributed by atoms with Gasteiger partial charge in [-0.25, -0.2) is 4.79 Å². The van der Waals surface area contributed by atoms with Crippen LogP contribution in [0.1, 0.15) is 120 Å². The van der Waals surface area contributed by atoms with Crippen LogP contribution in [0.2, 0.25) is 0 Å². The van der Waals surface area contributed by atoms with Gasteiger partial charge in [0.05, 0.1) is 30.0 Å². The summed E-state index contributed by atoms with van der Waals surface area (Å²) < 4.78 is 39.0. The van der Waals surface area contributed by atoms with E-state index in [0.717, 1.165) is 27.9 Å². The van der Waals surface area contributed by atoms with Crippen molar-refractivity contribution in [3.8, 4) is 0 Å². The molecule has 73 heavy (non-hydrogen) atoms. The molecule has 1 amide bonds. The van der Waals surface area contributed by atoms with E-state index >= 15 is 0 Å². The summed E-state index contributed by atoms with van der Waals surface area (Å²) in [6.45, 7) is 20.4. The van der Waals surface area contributed by atoms with Crippen LogP contribution >= 0.6 is 0 Å². The molecule has 0 spiro atoms. The molecule has 1 N–H and O–H groups in total. The molecule has 1 aliphatic carbocycles. The minimum atomic E-state index is -2.49. The van der Waals surface area contributed by atoms with Gasteiger partial charge in [0.25, 0.3) is 11.7 Å². The molecular weight excluding hydrogens is 939 g/mol. The largest absolute Gasteiger partial charge is 0.456 e. The number of allylic oxidation sites excluding steroid dienone is 4. The first kappa shape index (κ1) is 57.9. The Morgan fingerprint density at radius 1 is 0.890 bits per heavy atom. The lowest BCUT2D eigenvalue weighted by Crippen LogP contribution is -2.63. The van der Waals surface area contributed by atoms with Crippen LogP contribution < -0.4 is 10.4 Å². The summed E-state index contributed by atoms with van der Waals surface area (Å²) in [7, 11) is 2.55. The molecule has 3 heterocycles. The second kappa shape index (κ2) is 25.5. The lowest BCUT2D eigenvalue weighted by molar-refractivity contribution is -0.290. The van der Waals surface area contributed by atoms with E-state index in [1.165, 1.54) is 4.90 Å². The van der Waals surface area contributed by atoms with Gasteiger partial charge >= 0.3 is 5.97 Å². The number of methoxy groups -OCH3 is 3. The molecule has 1 saturated carbocycles. The molecule has 6 rings (SSSR count). The highest BCUT2D eigenvalue weighted by molar-refractivity contribution is 6.80. The Kier molecular flexibility index (Phi) is 20.2. The van der Waals surface area contributed by atoms with E-state index in [-0.39, 0.29) is 54.9 Å². The fourth-order valence-corrected chi connectivity index (χ4v) is 14.6. The monoisotopic (exact) mass is 1020 g/mol. The highest BCUT2D eigenvalue weighted by Gasteiger charge is 2.56. The van der Waals surface area contributed by atoms with Gasteiger partial charge in [-0.15, -0.1) is 6.58 Å². The number of piperidine rings is 1. The summed E-state index contributed by atoms with van der Waals surface area (Å²) in [5, 5.41) is 14.5. The summed E-state index contributed by atoms with van der Waals surface area (Å²) in [4.78, 5) is 59.7. The van der Waals surface area contributed by atoms with Gasteiger partial charge in [-0.3, -0.25) is 14.4 Å². The van der Waals surface area contributed by atoms with Gasteiger partial charge in [0.1, 0.15) is 12.1 Å². The topological polar surface area (TPSA) is 147 Å². The Bertz CT molecular complexity index is 2250. The van der Waals surface area contributed by atoms with Crippen molar-refractivity contribution >= 4 is 42.9 Å². The molecule has 3 aliphatic heterocycles. The molecule has 2 aromatic carbocycles. The second-order valence-corrected chi connectivity index (χ2v) is 25.0. The number of ether oxygens (including phenoxy) is 5. The van der Waals surface area contributed by atoms with Gasteiger partial charge in [-0.05, 0) is 104 Å². The highest BCUT2D eigenvalue weighted by atomic mass is 28.3. The minimum absolute atomic E-state index is 0.0429. The number of benzene rings is 2. The summed E-state index contributed by atoms with van der Waals surface area (Å²) in [6.07, 6.45) is 11.5. The van der Waals surface area contributed by atoms with Crippen molar-refractivity contribution in [3.05, 3.63) is 109 Å². The number of hydrogen-bond acceptors (Lipinski definition) is 11. The molecule has 13 atom stereocenters. The molecule has 2 saturated heterocycles. The van der Waals surface area contributed by atoms with Crippen LogP contribution in [0.15, 0.2) is 109 Å². The fraction of sp³-hybridized carbons (Fsp3) is 0.600. The molecule has 3 fully saturated rings. The summed E-state index contributed by atoms with van der Waals surface area (Å²) in [6, 6.07) is 19.6. The quantitative estimate of drug-likeness (QED) is 0.100. The lowest BCUT2D eigenvalue weighted by atomic mass is 9.66. The number of carbonyl (C=O) groups excluding carboxylic acids is 4. The SMILES string of the molecule is C=CCC1C=C(C)CC(C)C(OC)CC2OC(O)(C(=O)C(=O)N3CCCCC3C(=O)OC(C(C)=CC3(O[SiH](c4ccccc4)c4ccccc4)CCC(C(C)(C)C)C(OC)C3)C(C)C=CC1=O)C(C)CC2OC. The summed E-state index contributed by atoms with van der Waals surface area (Å²) in [5.41, 5.74) is 0.802. The van der Waals surface area contributed by atoms with Crippen molar-refractivity contribution in [3.63, 3.8) is 0 Å². The zero-order valence-corrected chi connectivity index (χ0v) is 46.7. The standard InChI is InChI=1S/C60H85NO11Si/c1-13-22-44-34-39(2)33-41(4)50(67-10)36-52-51(68-11)35-43(6)60(66,71-52)55(63)56(64)61-32-21-20-27-48(61)57(65)70-54(40(3)28-29-49(44)62)42(5)37-59(31-30-47(58(7,8)9)53(38-59)69-12)72-73(45-23-16-14-17-24-45)46-25-18-15-19-26-46/h13-19,23-26,28-29,34,37,40-41,43-44,47-48,50-54,66,73H,1,20-22,27,30-33,35-36,38H2,2-12H3. The van der Waals surface area contributed by atoms with E-state index in [0.29, 0.717) is 38.5 Å². The maximum Gasteiger partial charge on any atom is 0.329 e. The highest BCUT2D eigenvalue weighted by Crippen LogP contribution is 2.46. The van der Waals surface area contributed by atoms with Crippen LogP contribution in [0.3, 0.4) is 0 Å². The molecule has 0 aromatic heterocycles. The Morgan fingerprint density at radius 2 is 1.52 bits per heavy atom. The number of ketones is 2. The zero-order chi connectivity index (χ0) is 53.3. The van der Waals surface area contributed by atoms with E-state index < -0.39 is 86.3 Å². The molecule has 2 aromatic rings. The third-order valence-electron chi connectivity index (χ3n) is 16.2. The Hall–Kier alpha value is -4.34. The molecule has 4 aliphatic rings. The third kappa shape index (κ3) is 13.9. The van der Waals surface area contributed by atoms with E-state index in [9.17, 15) is 24.3 Å². The predicted octanol–water partition coefficient (Wildman–Crippen LogP) is 8.42. The van der Waals surface area contributed by atoms with E-state index in [2.05, 4.69) is 64.6 Å². The Labute approximate surface area is 437 Å². The first-order valence-electron chi connectivity index (χ1n) is 26.7. The maximum absolute atomic E-state index is 15.0. The first-order chi connectivity index (χ1) is 34.7. The number of esters is 1. The van der Waals surface area contributed by atoms with Crippen molar-refractivity contribution in [1.29, 1.82) is 0 Å². The summed E-state index contributed by atoms with van der Waals surface area (Å²) >= 11 is 0. The van der Waals surface area contributed by atoms with Crippen molar-refractivity contribution in [2.24, 2.45) is 35.0 Å². The van der Waals surface area contributed by atoms with E-state index in [1.807, 2.05) is 69.3 Å². The average Bonchev–Trinajstić information content (AvgIpc) is 3.37. The zero-order valence-electron chi connectivity index (χ0n) is 45.6. The number of amides is 1. The number of aliphatic hydroxyl groups is 1. The maximum atomic E-state index is 15.0. The van der Waals surface area contributed by atoms with Gasteiger partial charge in [0.15, 0.2) is 5.78 Å². The van der Waals surface area contributed by atoms with Gasteiger partial charge in [-0.1, -0.05) is 132 Å². The molecule has 400 valence electrons. The van der Waals surface area contributed by atoms with Gasteiger partial charge in [-0.2, -0.15) is 0 Å². The van der Waals surface area contributed by atoms with E-state index in [1.54, 1.807) is 40.4 Å². The van der Waals surface area contributed by atoms with Crippen molar-refractivity contribution < 1.29 is 52.4 Å². The normalized spacial score (nSPS) is 33.9. The molecule has 2 bridgehead atoms. The van der Waals surface area contributed by atoms with Crippen LogP contribution in [0.25, 0.3) is 0 Å². The van der Waals surface area contributed by atoms with Crippen LogP contribution in [0.5, 0.6) is 0 Å². The Balaban J connectivity index is 1.48. The average molecular weight is 1020 g/mol. The van der Waals surface area contributed by atoms with Crippen molar-refractivity contribution in [1.82, 2.24) is 4.90 Å². The second-order valence-electron chi connectivity index (χ2n) is 22.7.